The molecule has 0 bridgehead atoms. The summed E-state index contributed by atoms with van der Waals surface area (Å²) in [5.74, 6) is -0.507. The zero-order valence-corrected chi connectivity index (χ0v) is 17.0. The lowest BCUT2D eigenvalue weighted by Crippen LogP contribution is -2.37. The predicted octanol–water partition coefficient (Wildman–Crippen LogP) is 2.65. The van der Waals surface area contributed by atoms with Gasteiger partial charge in [-0.3, -0.25) is 13.9 Å². The van der Waals surface area contributed by atoms with E-state index in [9.17, 15) is 18.0 Å². The largest absolute Gasteiger partial charge is 0.325 e. The molecule has 0 radical (unpaired) electrons. The molecule has 1 heterocycles. The number of hydrogen-bond acceptors (Lipinski definition) is 4. The number of benzene rings is 2. The maximum absolute atomic E-state index is 12.5. The SMILES string of the molecule is CC(=O)N1CCc2cc(NC(=O)CN(c3cccc(Cl)c3)S(C)(=O)=O)ccc21. The van der Waals surface area contributed by atoms with E-state index in [1.54, 1.807) is 41.3 Å². The smallest absolute Gasteiger partial charge is 0.245 e. The van der Waals surface area contributed by atoms with E-state index in [1.165, 1.54) is 13.0 Å². The molecule has 28 heavy (non-hydrogen) atoms. The maximum atomic E-state index is 12.5. The lowest BCUT2D eigenvalue weighted by molar-refractivity contribution is -0.116. The van der Waals surface area contributed by atoms with Gasteiger partial charge in [0.1, 0.15) is 6.54 Å². The summed E-state index contributed by atoms with van der Waals surface area (Å²) in [4.78, 5) is 25.8. The van der Waals surface area contributed by atoms with E-state index in [-0.39, 0.29) is 12.5 Å². The van der Waals surface area contributed by atoms with Gasteiger partial charge in [0.25, 0.3) is 0 Å². The first-order chi connectivity index (χ1) is 13.1. The van der Waals surface area contributed by atoms with Crippen molar-refractivity contribution < 1.29 is 18.0 Å². The van der Waals surface area contributed by atoms with Gasteiger partial charge in [0, 0.05) is 29.9 Å². The van der Waals surface area contributed by atoms with E-state index in [1.807, 2.05) is 0 Å². The molecule has 1 aliphatic heterocycles. The molecular formula is C19H20ClN3O4S. The number of anilines is 3. The Hall–Kier alpha value is -2.58. The lowest BCUT2D eigenvalue weighted by atomic mass is 10.1. The van der Waals surface area contributed by atoms with Crippen LogP contribution < -0.4 is 14.5 Å². The molecule has 0 saturated carbocycles. The van der Waals surface area contributed by atoms with Gasteiger partial charge < -0.3 is 10.2 Å². The molecule has 3 rings (SSSR count). The highest BCUT2D eigenvalue weighted by Crippen LogP contribution is 2.30. The zero-order chi connectivity index (χ0) is 20.5. The van der Waals surface area contributed by atoms with Crippen LogP contribution in [0.5, 0.6) is 0 Å². The first-order valence-corrected chi connectivity index (χ1v) is 10.8. The molecule has 0 saturated heterocycles. The van der Waals surface area contributed by atoms with Gasteiger partial charge in [-0.05, 0) is 48.4 Å². The number of hydrogen-bond donors (Lipinski definition) is 1. The van der Waals surface area contributed by atoms with E-state index in [4.69, 9.17) is 11.6 Å². The van der Waals surface area contributed by atoms with Crippen molar-refractivity contribution in [2.45, 2.75) is 13.3 Å². The summed E-state index contributed by atoms with van der Waals surface area (Å²) in [6, 6.07) is 11.6. The Morgan fingerprint density at radius 2 is 1.96 bits per heavy atom. The highest BCUT2D eigenvalue weighted by molar-refractivity contribution is 7.92. The fourth-order valence-electron chi connectivity index (χ4n) is 3.17. The average molecular weight is 422 g/mol. The summed E-state index contributed by atoms with van der Waals surface area (Å²) >= 11 is 5.94. The van der Waals surface area contributed by atoms with Gasteiger partial charge >= 0.3 is 0 Å². The van der Waals surface area contributed by atoms with E-state index in [0.29, 0.717) is 29.4 Å². The molecule has 0 aromatic heterocycles. The standard InChI is InChI=1S/C19H20ClN3O4S/c1-13(24)22-9-8-14-10-16(6-7-18(14)22)21-19(25)12-23(28(2,26)27)17-5-3-4-15(20)11-17/h3-7,10-11H,8-9,12H2,1-2H3,(H,21,25). The minimum absolute atomic E-state index is 0.0270. The number of fused-ring (bicyclic) bond motifs is 1. The Morgan fingerprint density at radius 3 is 2.61 bits per heavy atom. The summed E-state index contributed by atoms with van der Waals surface area (Å²) < 4.78 is 25.3. The van der Waals surface area contributed by atoms with E-state index in [0.717, 1.165) is 21.8 Å². The molecule has 0 spiro atoms. The fraction of sp³-hybridized carbons (Fsp3) is 0.263. The topological polar surface area (TPSA) is 86.8 Å². The second kappa shape index (κ2) is 7.81. The molecule has 0 unspecified atom stereocenters. The summed E-state index contributed by atoms with van der Waals surface area (Å²) in [5.41, 5.74) is 2.66. The minimum atomic E-state index is -3.68. The van der Waals surface area contributed by atoms with Crippen LogP contribution in [0.15, 0.2) is 42.5 Å². The van der Waals surface area contributed by atoms with Crippen LogP contribution >= 0.6 is 11.6 Å². The summed E-state index contributed by atoms with van der Waals surface area (Å²) in [6.45, 7) is 1.74. The molecule has 0 fully saturated rings. The molecule has 2 amide bonds. The normalized spacial score (nSPS) is 13.2. The molecule has 1 N–H and O–H groups in total. The zero-order valence-electron chi connectivity index (χ0n) is 15.5. The van der Waals surface area contributed by atoms with Crippen LogP contribution in [0.4, 0.5) is 17.1 Å². The number of nitrogens with zero attached hydrogens (tertiary/aromatic N) is 2. The van der Waals surface area contributed by atoms with Crippen LogP contribution in [-0.4, -0.2) is 39.6 Å². The summed E-state index contributed by atoms with van der Waals surface area (Å²) in [6.07, 6.45) is 1.74. The lowest BCUT2D eigenvalue weighted by Gasteiger charge is -2.22. The van der Waals surface area contributed by atoms with Crippen molar-refractivity contribution in [1.82, 2.24) is 0 Å². The number of halogens is 1. The van der Waals surface area contributed by atoms with Gasteiger partial charge in [-0.2, -0.15) is 0 Å². The minimum Gasteiger partial charge on any atom is -0.325 e. The van der Waals surface area contributed by atoms with Gasteiger partial charge in [0.2, 0.25) is 21.8 Å². The highest BCUT2D eigenvalue weighted by atomic mass is 35.5. The van der Waals surface area contributed by atoms with Gasteiger partial charge in [0.05, 0.1) is 11.9 Å². The van der Waals surface area contributed by atoms with Crippen molar-refractivity contribution in [1.29, 1.82) is 0 Å². The summed E-state index contributed by atoms with van der Waals surface area (Å²) in [5, 5.41) is 3.10. The third kappa shape index (κ3) is 4.45. The third-order valence-electron chi connectivity index (χ3n) is 4.42. The third-order valence-corrected chi connectivity index (χ3v) is 5.80. The van der Waals surface area contributed by atoms with Crippen molar-refractivity contribution in [3.63, 3.8) is 0 Å². The van der Waals surface area contributed by atoms with Gasteiger partial charge in [-0.25, -0.2) is 8.42 Å². The van der Waals surface area contributed by atoms with Crippen LogP contribution in [0.25, 0.3) is 0 Å². The Bertz CT molecular complexity index is 1040. The van der Waals surface area contributed by atoms with Crippen molar-refractivity contribution in [2.75, 3.05) is 33.9 Å². The molecule has 2 aromatic carbocycles. The fourth-order valence-corrected chi connectivity index (χ4v) is 4.20. The molecule has 0 atom stereocenters. The van der Waals surface area contributed by atoms with Crippen LogP contribution in [0.3, 0.4) is 0 Å². The Kier molecular flexibility index (Phi) is 5.62. The first kappa shape index (κ1) is 20.2. The van der Waals surface area contributed by atoms with E-state index < -0.39 is 15.9 Å². The monoisotopic (exact) mass is 421 g/mol. The quantitative estimate of drug-likeness (QED) is 0.804. The van der Waals surface area contributed by atoms with Crippen molar-refractivity contribution in [3.05, 3.63) is 53.1 Å². The van der Waals surface area contributed by atoms with Crippen molar-refractivity contribution >= 4 is 50.5 Å². The van der Waals surface area contributed by atoms with Crippen LogP contribution in [-0.2, 0) is 26.0 Å². The second-order valence-corrected chi connectivity index (χ2v) is 8.91. The van der Waals surface area contributed by atoms with Crippen molar-refractivity contribution in [2.24, 2.45) is 0 Å². The maximum Gasteiger partial charge on any atom is 0.245 e. The number of nitrogens with one attached hydrogen (secondary N) is 1. The van der Waals surface area contributed by atoms with E-state index >= 15 is 0 Å². The molecular weight excluding hydrogens is 402 g/mol. The van der Waals surface area contributed by atoms with Crippen LogP contribution in [0.2, 0.25) is 5.02 Å². The Balaban J connectivity index is 1.76. The van der Waals surface area contributed by atoms with Crippen LogP contribution in [0, 0.1) is 0 Å². The summed E-state index contributed by atoms with van der Waals surface area (Å²) in [7, 11) is -3.68. The molecule has 0 aliphatic carbocycles. The van der Waals surface area contributed by atoms with Gasteiger partial charge in [0.15, 0.2) is 0 Å². The average Bonchev–Trinajstić information content (AvgIpc) is 3.02. The highest BCUT2D eigenvalue weighted by Gasteiger charge is 2.24. The molecule has 7 nitrogen and oxygen atoms in total. The predicted molar refractivity (Wildman–Crippen MR) is 110 cm³/mol. The van der Waals surface area contributed by atoms with Gasteiger partial charge in [-0.1, -0.05) is 17.7 Å². The molecule has 2 aromatic rings. The number of carbonyl (C=O) groups excluding carboxylic acids is 2. The van der Waals surface area contributed by atoms with Crippen LogP contribution in [0.1, 0.15) is 12.5 Å². The molecule has 1 aliphatic rings. The number of amides is 2. The van der Waals surface area contributed by atoms with E-state index in [2.05, 4.69) is 5.32 Å². The number of carbonyl (C=O) groups is 2. The molecule has 9 heteroatoms. The number of rotatable bonds is 5. The Labute approximate surface area is 168 Å². The Morgan fingerprint density at radius 1 is 1.21 bits per heavy atom. The number of sulfonamides is 1. The molecule has 148 valence electrons. The van der Waals surface area contributed by atoms with Gasteiger partial charge in [-0.15, -0.1) is 0 Å². The second-order valence-electron chi connectivity index (χ2n) is 6.56. The first-order valence-electron chi connectivity index (χ1n) is 8.59. The van der Waals surface area contributed by atoms with Crippen molar-refractivity contribution in [3.8, 4) is 0 Å².